The molecule has 1 heterocycles. The molecule has 0 saturated carbocycles. The van der Waals surface area contributed by atoms with Gasteiger partial charge >= 0.3 is 0 Å². The van der Waals surface area contributed by atoms with Gasteiger partial charge in [-0.25, -0.2) is 0 Å². The van der Waals surface area contributed by atoms with Crippen LogP contribution in [0.15, 0.2) is 53.0 Å². The third-order valence-corrected chi connectivity index (χ3v) is 4.83. The summed E-state index contributed by atoms with van der Waals surface area (Å²) < 4.78 is 1.08. The molecule has 0 bridgehead atoms. The van der Waals surface area contributed by atoms with Gasteiger partial charge < -0.3 is 4.90 Å². The average molecular weight is 358 g/mol. The van der Waals surface area contributed by atoms with Gasteiger partial charge in [-0.15, -0.1) is 0 Å². The quantitative estimate of drug-likeness (QED) is 0.781. The smallest absolute Gasteiger partial charge is 0.227 e. The first-order valence-electron chi connectivity index (χ1n) is 7.74. The molecule has 1 fully saturated rings. The normalized spacial score (nSPS) is 17.7. The van der Waals surface area contributed by atoms with Crippen molar-refractivity contribution in [2.45, 2.75) is 32.2 Å². The number of halogens is 1. The molecule has 1 unspecified atom stereocenters. The molecule has 1 atom stereocenters. The van der Waals surface area contributed by atoms with Crippen LogP contribution in [0.5, 0.6) is 0 Å². The summed E-state index contributed by atoms with van der Waals surface area (Å²) in [5.41, 5.74) is 3.56. The summed E-state index contributed by atoms with van der Waals surface area (Å²) in [5.74, 6) is 0.231. The van der Waals surface area contributed by atoms with E-state index >= 15 is 0 Å². The number of aryl methyl sites for hydroxylation is 1. The monoisotopic (exact) mass is 357 g/mol. The van der Waals surface area contributed by atoms with Crippen LogP contribution >= 0.6 is 15.9 Å². The molecule has 1 aliphatic rings. The van der Waals surface area contributed by atoms with Crippen LogP contribution in [0.25, 0.3) is 0 Å². The number of nitrogens with zero attached hydrogens (tertiary/aromatic N) is 1. The van der Waals surface area contributed by atoms with Gasteiger partial charge in [0.05, 0.1) is 12.5 Å². The molecule has 2 nitrogen and oxygen atoms in total. The van der Waals surface area contributed by atoms with Gasteiger partial charge in [-0.1, -0.05) is 57.9 Å². The Morgan fingerprint density at radius 2 is 1.82 bits per heavy atom. The summed E-state index contributed by atoms with van der Waals surface area (Å²) in [6, 6.07) is 16.8. The minimum Gasteiger partial charge on any atom is -0.335 e. The second-order valence-corrected chi connectivity index (χ2v) is 6.87. The van der Waals surface area contributed by atoms with Gasteiger partial charge in [0.2, 0.25) is 5.91 Å². The van der Waals surface area contributed by atoms with Crippen molar-refractivity contribution in [1.29, 1.82) is 0 Å². The molecule has 1 aliphatic heterocycles. The Kier molecular flexibility index (Phi) is 4.63. The van der Waals surface area contributed by atoms with Crippen LogP contribution in [0.3, 0.4) is 0 Å². The molecule has 0 aliphatic carbocycles. The zero-order chi connectivity index (χ0) is 15.5. The summed E-state index contributed by atoms with van der Waals surface area (Å²) in [5, 5.41) is 0. The zero-order valence-corrected chi connectivity index (χ0v) is 14.3. The zero-order valence-electron chi connectivity index (χ0n) is 12.8. The average Bonchev–Trinajstić information content (AvgIpc) is 3.00. The highest BCUT2D eigenvalue weighted by Gasteiger charge is 2.29. The molecule has 0 radical (unpaired) electrons. The van der Waals surface area contributed by atoms with Gasteiger partial charge in [0, 0.05) is 11.0 Å². The van der Waals surface area contributed by atoms with Crippen molar-refractivity contribution in [3.05, 3.63) is 69.7 Å². The third kappa shape index (κ3) is 3.41. The molecule has 114 valence electrons. The van der Waals surface area contributed by atoms with E-state index in [9.17, 15) is 4.79 Å². The molecule has 1 amide bonds. The lowest BCUT2D eigenvalue weighted by Gasteiger charge is -2.25. The largest absolute Gasteiger partial charge is 0.335 e. The highest BCUT2D eigenvalue weighted by molar-refractivity contribution is 9.10. The second-order valence-electron chi connectivity index (χ2n) is 5.96. The fourth-order valence-electron chi connectivity index (χ4n) is 3.08. The lowest BCUT2D eigenvalue weighted by atomic mass is 10.0. The molecule has 1 saturated heterocycles. The van der Waals surface area contributed by atoms with Crippen molar-refractivity contribution >= 4 is 21.8 Å². The van der Waals surface area contributed by atoms with Crippen molar-refractivity contribution in [3.8, 4) is 0 Å². The van der Waals surface area contributed by atoms with Crippen LogP contribution in [-0.2, 0) is 11.2 Å². The molecule has 22 heavy (non-hydrogen) atoms. The number of carbonyl (C=O) groups is 1. The van der Waals surface area contributed by atoms with Crippen molar-refractivity contribution in [3.63, 3.8) is 0 Å². The van der Waals surface area contributed by atoms with E-state index in [1.807, 2.05) is 4.90 Å². The van der Waals surface area contributed by atoms with E-state index in [4.69, 9.17) is 0 Å². The fraction of sp³-hybridized carbons (Fsp3) is 0.316. The summed E-state index contributed by atoms with van der Waals surface area (Å²) in [7, 11) is 0. The topological polar surface area (TPSA) is 20.3 Å². The predicted octanol–water partition coefficient (Wildman–Crippen LogP) is 4.66. The predicted molar refractivity (Wildman–Crippen MR) is 92.7 cm³/mol. The van der Waals surface area contributed by atoms with Crippen molar-refractivity contribution in [2.75, 3.05) is 6.54 Å². The van der Waals surface area contributed by atoms with Gasteiger partial charge in [-0.3, -0.25) is 4.79 Å². The third-order valence-electron chi connectivity index (χ3n) is 4.30. The van der Waals surface area contributed by atoms with Crippen molar-refractivity contribution in [2.24, 2.45) is 0 Å². The first kappa shape index (κ1) is 15.3. The minimum absolute atomic E-state index is 0.228. The van der Waals surface area contributed by atoms with Gasteiger partial charge in [0.25, 0.3) is 0 Å². The van der Waals surface area contributed by atoms with Crippen LogP contribution in [0.1, 0.15) is 35.6 Å². The van der Waals surface area contributed by atoms with Crippen LogP contribution in [0, 0.1) is 6.92 Å². The highest BCUT2D eigenvalue weighted by atomic mass is 79.9. The van der Waals surface area contributed by atoms with Crippen LogP contribution in [-0.4, -0.2) is 17.4 Å². The maximum atomic E-state index is 12.7. The second kappa shape index (κ2) is 6.66. The molecular formula is C19H20BrNO. The number of likely N-dealkylation sites (tertiary alicyclic amines) is 1. The fourth-order valence-corrected chi connectivity index (χ4v) is 3.34. The number of benzene rings is 2. The number of hydrogen-bond acceptors (Lipinski definition) is 1. The van der Waals surface area contributed by atoms with Gasteiger partial charge in [-0.05, 0) is 43.0 Å². The lowest BCUT2D eigenvalue weighted by molar-refractivity contribution is -0.131. The lowest BCUT2D eigenvalue weighted by Crippen LogP contribution is -2.31. The van der Waals surface area contributed by atoms with E-state index in [0.717, 1.165) is 29.4 Å². The van der Waals surface area contributed by atoms with E-state index in [-0.39, 0.29) is 11.9 Å². The summed E-state index contributed by atoms with van der Waals surface area (Å²) in [6.45, 7) is 2.93. The van der Waals surface area contributed by atoms with Crippen molar-refractivity contribution < 1.29 is 4.79 Å². The van der Waals surface area contributed by atoms with E-state index < -0.39 is 0 Å². The molecule has 0 spiro atoms. The number of carbonyl (C=O) groups excluding carboxylic acids is 1. The summed E-state index contributed by atoms with van der Waals surface area (Å²) >= 11 is 3.47. The molecule has 3 rings (SSSR count). The minimum atomic E-state index is 0.228. The molecule has 2 aromatic carbocycles. The Morgan fingerprint density at radius 3 is 2.50 bits per heavy atom. The summed E-state index contributed by atoms with van der Waals surface area (Å²) in [4.78, 5) is 14.7. The van der Waals surface area contributed by atoms with E-state index in [2.05, 4.69) is 71.4 Å². The van der Waals surface area contributed by atoms with E-state index in [1.54, 1.807) is 0 Å². The SMILES string of the molecule is Cc1ccc(CC(=O)N2CCCC2c2ccc(Br)cc2)cc1. The van der Waals surface area contributed by atoms with Gasteiger partial charge in [-0.2, -0.15) is 0 Å². The standard InChI is InChI=1S/C19H20BrNO/c1-14-4-6-15(7-5-14)13-19(22)21-12-2-3-18(21)16-8-10-17(20)11-9-16/h4-11,18H,2-3,12-13H2,1H3. The van der Waals surface area contributed by atoms with E-state index in [1.165, 1.54) is 11.1 Å². The number of rotatable bonds is 3. The van der Waals surface area contributed by atoms with Gasteiger partial charge in [0.15, 0.2) is 0 Å². The highest BCUT2D eigenvalue weighted by Crippen LogP contribution is 2.33. The molecule has 3 heteroatoms. The van der Waals surface area contributed by atoms with Crippen LogP contribution in [0.4, 0.5) is 0 Å². The maximum Gasteiger partial charge on any atom is 0.227 e. The maximum absolute atomic E-state index is 12.7. The Bertz CT molecular complexity index is 648. The first-order chi connectivity index (χ1) is 10.6. The van der Waals surface area contributed by atoms with Gasteiger partial charge in [0.1, 0.15) is 0 Å². The molecule has 0 aromatic heterocycles. The summed E-state index contributed by atoms with van der Waals surface area (Å²) in [6.07, 6.45) is 2.63. The van der Waals surface area contributed by atoms with Crippen LogP contribution in [0.2, 0.25) is 0 Å². The molecule has 0 N–H and O–H groups in total. The Labute approximate surface area is 140 Å². The Morgan fingerprint density at radius 1 is 1.14 bits per heavy atom. The molecular weight excluding hydrogens is 338 g/mol. The van der Waals surface area contributed by atoms with E-state index in [0.29, 0.717) is 6.42 Å². The number of hydrogen-bond donors (Lipinski definition) is 0. The number of amides is 1. The first-order valence-corrected chi connectivity index (χ1v) is 8.53. The van der Waals surface area contributed by atoms with Crippen molar-refractivity contribution in [1.82, 2.24) is 4.90 Å². The Hall–Kier alpha value is -1.61. The Balaban J connectivity index is 1.73. The van der Waals surface area contributed by atoms with Crippen LogP contribution < -0.4 is 0 Å². The molecule has 2 aromatic rings.